The van der Waals surface area contributed by atoms with Crippen LogP contribution in [-0.2, 0) is 5.54 Å². The fourth-order valence-electron chi connectivity index (χ4n) is 2.29. The van der Waals surface area contributed by atoms with Gasteiger partial charge in [-0.05, 0) is 51.2 Å². The molecule has 0 aromatic heterocycles. The van der Waals surface area contributed by atoms with Crippen molar-refractivity contribution in [3.05, 3.63) is 34.3 Å². The molecule has 1 atom stereocenters. The zero-order valence-corrected chi connectivity index (χ0v) is 11.5. The van der Waals surface area contributed by atoms with Crippen molar-refractivity contribution in [3.63, 3.8) is 0 Å². The number of nitrogens with one attached hydrogen (secondary N) is 1. The molecule has 2 nitrogen and oxygen atoms in total. The van der Waals surface area contributed by atoms with Gasteiger partial charge < -0.3 is 5.32 Å². The van der Waals surface area contributed by atoms with Gasteiger partial charge in [0.25, 0.3) is 0 Å². The predicted molar refractivity (Wildman–Crippen MR) is 71.6 cm³/mol. The highest BCUT2D eigenvalue weighted by Gasteiger charge is 2.32. The number of nitrogens with zero attached hydrogens (tertiary/aromatic N) is 1. The topological polar surface area (TPSA) is 15.3 Å². The monoisotopic (exact) mass is 282 g/mol. The summed E-state index contributed by atoms with van der Waals surface area (Å²) in [6.07, 6.45) is 1.22. The number of halogens is 1. The first-order valence-electron chi connectivity index (χ1n) is 5.81. The van der Waals surface area contributed by atoms with E-state index in [1.807, 2.05) is 0 Å². The van der Waals surface area contributed by atoms with Crippen molar-refractivity contribution < 1.29 is 0 Å². The summed E-state index contributed by atoms with van der Waals surface area (Å²) in [7, 11) is 2.22. The maximum atomic E-state index is 3.53. The molecule has 0 amide bonds. The molecule has 1 aromatic rings. The molecule has 88 valence electrons. The van der Waals surface area contributed by atoms with E-state index in [1.54, 1.807) is 0 Å². The van der Waals surface area contributed by atoms with Gasteiger partial charge in [0.05, 0.1) is 5.54 Å². The molecule has 1 aliphatic rings. The number of rotatable bonds is 1. The fraction of sp³-hybridized carbons (Fsp3) is 0.538. The highest BCUT2D eigenvalue weighted by Crippen LogP contribution is 2.28. The molecule has 3 heteroatoms. The Kier molecular flexibility index (Phi) is 3.67. The molecule has 1 aromatic carbocycles. The number of hydrogen-bond acceptors (Lipinski definition) is 2. The predicted octanol–water partition coefficient (Wildman–Crippen LogP) is 2.59. The van der Waals surface area contributed by atoms with Gasteiger partial charge in [0.15, 0.2) is 0 Å². The van der Waals surface area contributed by atoms with Crippen LogP contribution >= 0.6 is 15.9 Å². The molecule has 1 aliphatic heterocycles. The second-order valence-corrected chi connectivity index (χ2v) is 5.65. The van der Waals surface area contributed by atoms with E-state index in [4.69, 9.17) is 0 Å². The minimum Gasteiger partial charge on any atom is -0.315 e. The molecule has 1 saturated heterocycles. The normalized spacial score (nSPS) is 27.7. The van der Waals surface area contributed by atoms with E-state index in [-0.39, 0.29) is 5.54 Å². The molecule has 0 aliphatic carbocycles. The van der Waals surface area contributed by atoms with E-state index < -0.39 is 0 Å². The lowest BCUT2D eigenvalue weighted by molar-refractivity contribution is 0.151. The maximum absolute atomic E-state index is 3.53. The Morgan fingerprint density at radius 2 is 2.00 bits per heavy atom. The van der Waals surface area contributed by atoms with Gasteiger partial charge in [0.2, 0.25) is 0 Å². The van der Waals surface area contributed by atoms with Crippen molar-refractivity contribution in [1.29, 1.82) is 0 Å². The van der Waals surface area contributed by atoms with Crippen LogP contribution in [0.25, 0.3) is 0 Å². The van der Waals surface area contributed by atoms with Crippen LogP contribution in [0.4, 0.5) is 0 Å². The molecule has 1 N–H and O–H groups in total. The summed E-state index contributed by atoms with van der Waals surface area (Å²) in [5, 5.41) is 3.53. The largest absolute Gasteiger partial charge is 0.315 e. The van der Waals surface area contributed by atoms with E-state index in [9.17, 15) is 0 Å². The second kappa shape index (κ2) is 4.86. The van der Waals surface area contributed by atoms with Crippen LogP contribution in [0.15, 0.2) is 28.7 Å². The molecule has 0 saturated carbocycles. The van der Waals surface area contributed by atoms with Crippen molar-refractivity contribution in [2.24, 2.45) is 0 Å². The molecule has 0 radical (unpaired) electrons. The molecule has 1 heterocycles. The van der Waals surface area contributed by atoms with E-state index in [1.165, 1.54) is 12.0 Å². The van der Waals surface area contributed by atoms with Crippen molar-refractivity contribution >= 4 is 15.9 Å². The second-order valence-electron chi connectivity index (χ2n) is 4.73. The molecule has 16 heavy (non-hydrogen) atoms. The summed E-state index contributed by atoms with van der Waals surface area (Å²) in [5.41, 5.74) is 1.49. The Hall–Kier alpha value is -0.380. The van der Waals surface area contributed by atoms with E-state index >= 15 is 0 Å². The zero-order chi connectivity index (χ0) is 11.6. The minimum atomic E-state index is 0.108. The first-order valence-corrected chi connectivity index (χ1v) is 6.60. The van der Waals surface area contributed by atoms with E-state index in [0.717, 1.165) is 24.1 Å². The molecule has 1 fully saturated rings. The van der Waals surface area contributed by atoms with Crippen molar-refractivity contribution in [3.8, 4) is 0 Å². The van der Waals surface area contributed by atoms with Gasteiger partial charge in [0, 0.05) is 11.0 Å². The molecular weight excluding hydrogens is 264 g/mol. The van der Waals surface area contributed by atoms with Crippen LogP contribution in [0.5, 0.6) is 0 Å². The fourth-order valence-corrected chi connectivity index (χ4v) is 2.55. The Bertz CT molecular complexity index is 349. The standard InChI is InChI=1S/C13H19BrN2/c1-13(10-15-8-3-9-16(13)2)11-4-6-12(14)7-5-11/h4-7,15H,3,8-10H2,1-2H3. The lowest BCUT2D eigenvalue weighted by Crippen LogP contribution is -2.46. The minimum absolute atomic E-state index is 0.108. The van der Waals surface area contributed by atoms with Crippen LogP contribution in [0.2, 0.25) is 0 Å². The SMILES string of the molecule is CN1CCCNCC1(C)c1ccc(Br)cc1. The summed E-state index contributed by atoms with van der Waals surface area (Å²) in [6, 6.07) is 8.68. The Morgan fingerprint density at radius 3 is 2.69 bits per heavy atom. The Labute approximate surface area is 106 Å². The number of likely N-dealkylation sites (N-methyl/N-ethyl adjacent to an activating group) is 1. The first-order chi connectivity index (χ1) is 7.63. The van der Waals surface area contributed by atoms with Crippen molar-refractivity contribution in [2.75, 3.05) is 26.7 Å². The van der Waals surface area contributed by atoms with Crippen LogP contribution < -0.4 is 5.32 Å². The summed E-state index contributed by atoms with van der Waals surface area (Å²) in [4.78, 5) is 2.45. The first kappa shape index (κ1) is 12.1. The van der Waals surface area contributed by atoms with Gasteiger partial charge in [-0.25, -0.2) is 0 Å². The quantitative estimate of drug-likeness (QED) is 0.852. The Morgan fingerprint density at radius 1 is 1.31 bits per heavy atom. The van der Waals surface area contributed by atoms with Gasteiger partial charge in [-0.3, -0.25) is 4.90 Å². The van der Waals surface area contributed by atoms with Gasteiger partial charge in [-0.15, -0.1) is 0 Å². The highest BCUT2D eigenvalue weighted by atomic mass is 79.9. The molecule has 0 spiro atoms. The molecule has 0 bridgehead atoms. The van der Waals surface area contributed by atoms with E-state index in [0.29, 0.717) is 0 Å². The number of benzene rings is 1. The zero-order valence-electron chi connectivity index (χ0n) is 9.96. The van der Waals surface area contributed by atoms with Crippen LogP contribution in [0, 0.1) is 0 Å². The van der Waals surface area contributed by atoms with Gasteiger partial charge >= 0.3 is 0 Å². The number of hydrogen-bond donors (Lipinski definition) is 1. The lowest BCUT2D eigenvalue weighted by Gasteiger charge is -2.38. The third kappa shape index (κ3) is 2.31. The third-order valence-corrected chi connectivity index (χ3v) is 4.15. The van der Waals surface area contributed by atoms with Crippen molar-refractivity contribution in [2.45, 2.75) is 18.9 Å². The third-order valence-electron chi connectivity index (χ3n) is 3.62. The molecular formula is C13H19BrN2. The smallest absolute Gasteiger partial charge is 0.0554 e. The lowest BCUT2D eigenvalue weighted by atomic mass is 9.90. The van der Waals surface area contributed by atoms with Crippen LogP contribution in [0.3, 0.4) is 0 Å². The summed E-state index contributed by atoms with van der Waals surface area (Å²) in [5.74, 6) is 0. The van der Waals surface area contributed by atoms with Crippen LogP contribution in [-0.4, -0.2) is 31.6 Å². The highest BCUT2D eigenvalue weighted by molar-refractivity contribution is 9.10. The van der Waals surface area contributed by atoms with Gasteiger partial charge in [0.1, 0.15) is 0 Å². The average Bonchev–Trinajstić information content (AvgIpc) is 2.44. The summed E-state index contributed by atoms with van der Waals surface area (Å²) < 4.78 is 1.14. The van der Waals surface area contributed by atoms with E-state index in [2.05, 4.69) is 64.4 Å². The Balaban J connectivity index is 2.31. The van der Waals surface area contributed by atoms with Gasteiger partial charge in [-0.2, -0.15) is 0 Å². The summed E-state index contributed by atoms with van der Waals surface area (Å²) in [6.45, 7) is 5.61. The molecule has 1 unspecified atom stereocenters. The van der Waals surface area contributed by atoms with Crippen molar-refractivity contribution in [1.82, 2.24) is 10.2 Å². The maximum Gasteiger partial charge on any atom is 0.0554 e. The summed E-state index contributed by atoms with van der Waals surface area (Å²) >= 11 is 3.49. The van der Waals surface area contributed by atoms with Crippen LogP contribution in [0.1, 0.15) is 18.9 Å². The average molecular weight is 283 g/mol. The van der Waals surface area contributed by atoms with Gasteiger partial charge in [-0.1, -0.05) is 28.1 Å². The molecule has 2 rings (SSSR count).